The summed E-state index contributed by atoms with van der Waals surface area (Å²) in [7, 11) is 2.07. The SMILES string of the molecule is CC(C)=C(C)/N=C(/C)N(C)Cc1ccc(COc2c(-c3c(C)c(F)cc4[nH]ncc34)c(C3CC3)cc3c(N4C[C@@H]5C[C@H]4CN5)nc(NC4CCOCC4)nc23)cc1. The summed E-state index contributed by atoms with van der Waals surface area (Å²) in [5, 5.41) is 16.6. The van der Waals surface area contributed by atoms with E-state index in [9.17, 15) is 0 Å². The van der Waals surface area contributed by atoms with E-state index in [1.165, 1.54) is 11.1 Å². The number of benzene rings is 3. The molecule has 1 saturated carbocycles. The highest BCUT2D eigenvalue weighted by Crippen LogP contribution is 2.53. The minimum absolute atomic E-state index is 0.204. The fraction of sp³-hybridized carbons (Fsp3) is 0.467. The Morgan fingerprint density at radius 3 is 2.49 bits per heavy atom. The van der Waals surface area contributed by atoms with Crippen LogP contribution in [0.4, 0.5) is 16.2 Å². The molecule has 3 aliphatic heterocycles. The first-order chi connectivity index (χ1) is 27.6. The number of aromatic amines is 1. The van der Waals surface area contributed by atoms with Gasteiger partial charge in [-0.15, -0.1) is 0 Å². The Morgan fingerprint density at radius 2 is 1.79 bits per heavy atom. The number of ether oxygens (including phenoxy) is 2. The fourth-order valence-electron chi connectivity index (χ4n) is 8.69. The van der Waals surface area contributed by atoms with E-state index in [0.29, 0.717) is 60.6 Å². The number of halogens is 1. The van der Waals surface area contributed by atoms with Crippen LogP contribution in [0.25, 0.3) is 32.9 Å². The van der Waals surface area contributed by atoms with Crippen LogP contribution in [0.3, 0.4) is 0 Å². The topological polar surface area (TPSA) is 116 Å². The lowest BCUT2D eigenvalue weighted by Gasteiger charge is -2.31. The predicted octanol–water partition coefficient (Wildman–Crippen LogP) is 8.38. The standard InChI is InChI=1S/C45H54FN9O2/c1-25(2)27(4)49-28(5)54(6)22-29-7-9-30(10-8-29)24-57-43-41(40-26(3)38(46)19-39-37(40)21-48-53-39)35(31-11-12-31)18-36-42(43)51-45(50-32-13-15-56-16-14-32)52-44(36)55-23-33-17-34(55)20-47-33/h7-10,18-19,21,31-34,47H,11-17,20,22-24H2,1-6H3,(H,48,53)(H,50,51,52)/b49-28-/t33-,34-/m0/s1. The molecule has 0 amide bonds. The summed E-state index contributed by atoms with van der Waals surface area (Å²) >= 11 is 0. The largest absolute Gasteiger partial charge is 0.486 e. The van der Waals surface area contributed by atoms with E-state index in [1.807, 2.05) is 20.0 Å². The molecule has 11 nitrogen and oxygen atoms in total. The van der Waals surface area contributed by atoms with E-state index in [2.05, 4.69) is 88.8 Å². The van der Waals surface area contributed by atoms with Crippen molar-refractivity contribution in [2.24, 2.45) is 4.99 Å². The van der Waals surface area contributed by atoms with E-state index >= 15 is 4.39 Å². The molecule has 0 spiro atoms. The number of amidine groups is 1. The molecule has 3 N–H and O–H groups in total. The minimum atomic E-state index is -0.280. The van der Waals surface area contributed by atoms with Gasteiger partial charge in [0.1, 0.15) is 29.6 Å². The van der Waals surface area contributed by atoms with Crippen LogP contribution in [0.2, 0.25) is 0 Å². The Morgan fingerprint density at radius 1 is 1.02 bits per heavy atom. The zero-order valence-electron chi connectivity index (χ0n) is 34.0. The van der Waals surface area contributed by atoms with Crippen LogP contribution in [0.1, 0.15) is 88.0 Å². The molecule has 57 heavy (non-hydrogen) atoms. The van der Waals surface area contributed by atoms with Gasteiger partial charge < -0.3 is 29.9 Å². The number of aromatic nitrogens is 4. The average molecular weight is 772 g/mol. The van der Waals surface area contributed by atoms with E-state index in [1.54, 1.807) is 6.07 Å². The fourth-order valence-corrected chi connectivity index (χ4v) is 8.69. The van der Waals surface area contributed by atoms with Gasteiger partial charge in [0.25, 0.3) is 0 Å². The Kier molecular flexibility index (Phi) is 10.1. The third-order valence-electron chi connectivity index (χ3n) is 12.5. The molecule has 2 atom stereocenters. The summed E-state index contributed by atoms with van der Waals surface area (Å²) in [5.41, 5.74) is 9.30. The summed E-state index contributed by atoms with van der Waals surface area (Å²) in [4.78, 5) is 20.1. The molecule has 1 aliphatic carbocycles. The monoisotopic (exact) mass is 771 g/mol. The third-order valence-corrected chi connectivity index (χ3v) is 12.5. The predicted molar refractivity (Wildman–Crippen MR) is 226 cm³/mol. The van der Waals surface area contributed by atoms with E-state index in [-0.39, 0.29) is 11.9 Å². The van der Waals surface area contributed by atoms with E-state index < -0.39 is 0 Å². The molecule has 2 bridgehead atoms. The van der Waals surface area contributed by atoms with Crippen LogP contribution in [0.5, 0.6) is 5.75 Å². The highest BCUT2D eigenvalue weighted by Gasteiger charge is 2.40. The van der Waals surface area contributed by atoms with E-state index in [0.717, 1.165) is 108 Å². The van der Waals surface area contributed by atoms with Gasteiger partial charge in [0.05, 0.1) is 11.7 Å². The molecular formula is C45H54FN9O2. The second-order valence-corrected chi connectivity index (χ2v) is 16.8. The number of rotatable bonds is 11. The molecule has 3 aromatic carbocycles. The molecule has 4 fully saturated rings. The van der Waals surface area contributed by atoms with Crippen molar-refractivity contribution in [1.29, 1.82) is 0 Å². The molecule has 3 saturated heterocycles. The van der Waals surface area contributed by atoms with Crippen molar-refractivity contribution in [3.05, 3.63) is 81.9 Å². The lowest BCUT2D eigenvalue weighted by molar-refractivity contribution is 0.0903. The second kappa shape index (κ2) is 15.4. The van der Waals surface area contributed by atoms with Gasteiger partial charge in [0.15, 0.2) is 5.75 Å². The van der Waals surface area contributed by atoms with Crippen LogP contribution in [0.15, 0.2) is 58.9 Å². The van der Waals surface area contributed by atoms with Gasteiger partial charge in [-0.3, -0.25) is 5.10 Å². The number of hydrogen-bond donors (Lipinski definition) is 3. The molecular weight excluding hydrogens is 718 g/mol. The first-order valence-corrected chi connectivity index (χ1v) is 20.6. The summed E-state index contributed by atoms with van der Waals surface area (Å²) in [5.74, 6) is 3.21. The lowest BCUT2D eigenvalue weighted by Crippen LogP contribution is -2.44. The Hall–Kier alpha value is -5.07. The number of aliphatic imine (C=N–C) groups is 1. The molecule has 12 heteroatoms. The van der Waals surface area contributed by atoms with Crippen LogP contribution < -0.4 is 20.3 Å². The maximum atomic E-state index is 15.9. The number of allylic oxidation sites excluding steroid dienone is 2. The zero-order chi connectivity index (χ0) is 39.4. The van der Waals surface area contributed by atoms with Gasteiger partial charge in [0.2, 0.25) is 5.95 Å². The average Bonchev–Trinajstić information content (AvgIpc) is 3.56. The van der Waals surface area contributed by atoms with Gasteiger partial charge >= 0.3 is 0 Å². The van der Waals surface area contributed by atoms with Crippen LogP contribution in [0, 0.1) is 12.7 Å². The van der Waals surface area contributed by atoms with Crippen molar-refractivity contribution in [3.8, 4) is 16.9 Å². The maximum Gasteiger partial charge on any atom is 0.225 e. The molecule has 2 aromatic heterocycles. The van der Waals surface area contributed by atoms with Crippen LogP contribution in [-0.4, -0.2) is 82.4 Å². The van der Waals surface area contributed by atoms with Crippen molar-refractivity contribution in [2.45, 2.75) is 104 Å². The van der Waals surface area contributed by atoms with E-state index in [4.69, 9.17) is 24.4 Å². The molecule has 298 valence electrons. The van der Waals surface area contributed by atoms with Gasteiger partial charge in [-0.2, -0.15) is 10.1 Å². The van der Waals surface area contributed by atoms with Crippen molar-refractivity contribution in [2.75, 3.05) is 43.6 Å². The van der Waals surface area contributed by atoms with Crippen LogP contribution in [-0.2, 0) is 17.9 Å². The van der Waals surface area contributed by atoms with Crippen molar-refractivity contribution >= 4 is 39.4 Å². The van der Waals surface area contributed by atoms with Crippen LogP contribution >= 0.6 is 0 Å². The van der Waals surface area contributed by atoms with Gasteiger partial charge in [-0.05, 0) is 107 Å². The van der Waals surface area contributed by atoms with Crippen molar-refractivity contribution in [3.63, 3.8) is 0 Å². The quantitative estimate of drug-likeness (QED) is 0.0900. The van der Waals surface area contributed by atoms with Gasteiger partial charge in [-0.25, -0.2) is 14.4 Å². The first kappa shape index (κ1) is 37.5. The Bertz CT molecular complexity index is 2370. The number of piperazine rings is 1. The van der Waals surface area contributed by atoms with Gasteiger partial charge in [-0.1, -0.05) is 29.8 Å². The number of hydrogen-bond acceptors (Lipinski definition) is 9. The van der Waals surface area contributed by atoms with Gasteiger partial charge in [0, 0.05) is 85.6 Å². The molecule has 9 rings (SSSR count). The molecule has 0 unspecified atom stereocenters. The minimum Gasteiger partial charge on any atom is -0.486 e. The number of H-pyrrole nitrogens is 1. The first-order valence-electron chi connectivity index (χ1n) is 20.6. The summed E-state index contributed by atoms with van der Waals surface area (Å²) in [6.07, 6.45) is 6.80. The number of nitrogens with zero attached hydrogens (tertiary/aromatic N) is 6. The third kappa shape index (κ3) is 7.45. The highest BCUT2D eigenvalue weighted by molar-refractivity contribution is 6.06. The Balaban J connectivity index is 1.17. The van der Waals surface area contributed by atoms with Crippen molar-refractivity contribution < 1.29 is 13.9 Å². The molecule has 5 heterocycles. The number of nitrogens with one attached hydrogen (secondary N) is 3. The molecule has 0 radical (unpaired) electrons. The summed E-state index contributed by atoms with van der Waals surface area (Å²) in [6.45, 7) is 14.4. The normalized spacial score (nSPS) is 19.8. The summed E-state index contributed by atoms with van der Waals surface area (Å²) < 4.78 is 28.7. The molecule has 5 aromatic rings. The number of anilines is 2. The Labute approximate surface area is 334 Å². The van der Waals surface area contributed by atoms with Crippen molar-refractivity contribution in [1.82, 2.24) is 30.4 Å². The second-order valence-electron chi connectivity index (χ2n) is 16.8. The smallest absolute Gasteiger partial charge is 0.225 e. The highest BCUT2D eigenvalue weighted by atomic mass is 19.1. The molecule has 4 aliphatic rings. The lowest BCUT2D eigenvalue weighted by atomic mass is 9.88. The maximum absolute atomic E-state index is 15.9. The number of fused-ring (bicyclic) bond motifs is 4. The zero-order valence-corrected chi connectivity index (χ0v) is 34.0. The summed E-state index contributed by atoms with van der Waals surface area (Å²) in [6, 6.07) is 13.4.